The quantitative estimate of drug-likeness (QED) is 0.904. The summed E-state index contributed by atoms with van der Waals surface area (Å²) in [4.78, 5) is 27.3. The van der Waals surface area contributed by atoms with Crippen LogP contribution in [0, 0.1) is 0 Å². The van der Waals surface area contributed by atoms with Gasteiger partial charge in [0.05, 0.1) is 0 Å². The van der Waals surface area contributed by atoms with Crippen LogP contribution in [0.1, 0.15) is 48.3 Å². The summed E-state index contributed by atoms with van der Waals surface area (Å²) in [5, 5.41) is 12.6. The van der Waals surface area contributed by atoms with Crippen molar-refractivity contribution in [1.29, 1.82) is 0 Å². The molecule has 0 fully saturated rings. The van der Waals surface area contributed by atoms with Crippen LogP contribution in [0.5, 0.6) is 5.75 Å². The normalized spacial score (nSPS) is 16.7. The van der Waals surface area contributed by atoms with Gasteiger partial charge in [-0.15, -0.1) is 0 Å². The first-order valence-electron chi connectivity index (χ1n) is 8.27. The molecule has 0 radical (unpaired) electrons. The van der Waals surface area contributed by atoms with Crippen LogP contribution in [-0.2, 0) is 11.3 Å². The average molecular weight is 338 g/mol. The van der Waals surface area contributed by atoms with Crippen molar-refractivity contribution in [3.8, 4) is 5.75 Å². The first-order chi connectivity index (χ1) is 11.8. The van der Waals surface area contributed by atoms with Crippen LogP contribution in [0.3, 0.4) is 0 Å². The number of carbonyl (C=O) groups excluding carboxylic acids is 2. The largest absolute Gasteiger partial charge is 0.508 e. The third kappa shape index (κ3) is 3.22. The Morgan fingerprint density at radius 2 is 1.84 bits per heavy atom. The molecule has 1 aliphatic rings. The van der Waals surface area contributed by atoms with Crippen molar-refractivity contribution in [3.05, 3.63) is 65.2 Å². The molecule has 130 valence electrons. The van der Waals surface area contributed by atoms with Gasteiger partial charge < -0.3 is 15.3 Å². The highest BCUT2D eigenvalue weighted by atomic mass is 16.3. The van der Waals surface area contributed by atoms with Gasteiger partial charge in [-0.1, -0.05) is 36.4 Å². The average Bonchev–Trinajstić information content (AvgIpc) is 2.86. The molecule has 25 heavy (non-hydrogen) atoms. The van der Waals surface area contributed by atoms with Crippen molar-refractivity contribution in [2.24, 2.45) is 0 Å². The lowest BCUT2D eigenvalue weighted by atomic mass is 10.0. The summed E-state index contributed by atoms with van der Waals surface area (Å²) in [6.45, 7) is 6.09. The zero-order valence-corrected chi connectivity index (χ0v) is 14.6. The number of hydrogen-bond donors (Lipinski definition) is 2. The summed E-state index contributed by atoms with van der Waals surface area (Å²) in [7, 11) is 0. The van der Waals surface area contributed by atoms with Crippen molar-refractivity contribution >= 4 is 11.8 Å². The van der Waals surface area contributed by atoms with Crippen LogP contribution in [0.15, 0.2) is 48.5 Å². The van der Waals surface area contributed by atoms with Crippen LogP contribution in [-0.4, -0.2) is 27.4 Å². The molecule has 2 aromatic carbocycles. The van der Waals surface area contributed by atoms with E-state index < -0.39 is 11.6 Å². The summed E-state index contributed by atoms with van der Waals surface area (Å²) in [5.41, 5.74) is 1.48. The molecule has 2 aromatic rings. The number of hydrogen-bond acceptors (Lipinski definition) is 3. The molecule has 1 heterocycles. The van der Waals surface area contributed by atoms with Crippen molar-refractivity contribution in [2.75, 3.05) is 0 Å². The Morgan fingerprint density at radius 3 is 2.48 bits per heavy atom. The molecule has 1 unspecified atom stereocenters. The fraction of sp³-hybridized carbons (Fsp3) is 0.300. The Balaban J connectivity index is 1.91. The summed E-state index contributed by atoms with van der Waals surface area (Å²) in [5.74, 6) is -0.443. The molecule has 3 rings (SSSR count). The Hall–Kier alpha value is -2.82. The number of amides is 2. The second-order valence-corrected chi connectivity index (χ2v) is 7.22. The number of benzene rings is 2. The molecule has 1 aliphatic heterocycles. The number of phenols is 1. The Bertz CT molecular complexity index is 809. The molecular formula is C20H22N2O3. The van der Waals surface area contributed by atoms with Crippen LogP contribution >= 0.6 is 0 Å². The molecule has 0 spiro atoms. The molecule has 1 atom stereocenters. The minimum atomic E-state index is -0.702. The fourth-order valence-electron chi connectivity index (χ4n) is 3.19. The molecule has 0 bridgehead atoms. The number of phenolic OH excluding ortho intramolecular Hbond substituents is 1. The zero-order valence-electron chi connectivity index (χ0n) is 14.6. The highest BCUT2D eigenvalue weighted by molar-refractivity contribution is 6.05. The van der Waals surface area contributed by atoms with Gasteiger partial charge in [0.15, 0.2) is 0 Å². The van der Waals surface area contributed by atoms with E-state index in [0.29, 0.717) is 17.7 Å². The molecule has 0 aliphatic carbocycles. The van der Waals surface area contributed by atoms with Gasteiger partial charge in [0.2, 0.25) is 5.91 Å². The van der Waals surface area contributed by atoms with Crippen molar-refractivity contribution in [1.82, 2.24) is 10.2 Å². The molecule has 5 nitrogen and oxygen atoms in total. The maximum Gasteiger partial charge on any atom is 0.255 e. The van der Waals surface area contributed by atoms with E-state index in [1.54, 1.807) is 11.0 Å². The van der Waals surface area contributed by atoms with Crippen LogP contribution in [0.4, 0.5) is 0 Å². The van der Waals surface area contributed by atoms with Crippen LogP contribution in [0.25, 0.3) is 0 Å². The van der Waals surface area contributed by atoms with Crippen molar-refractivity contribution < 1.29 is 14.7 Å². The molecule has 2 N–H and O–H groups in total. The number of carbonyl (C=O) groups is 2. The van der Waals surface area contributed by atoms with E-state index in [9.17, 15) is 14.7 Å². The topological polar surface area (TPSA) is 69.6 Å². The van der Waals surface area contributed by atoms with Crippen LogP contribution in [0.2, 0.25) is 0 Å². The van der Waals surface area contributed by atoms with E-state index in [-0.39, 0.29) is 17.6 Å². The maximum absolute atomic E-state index is 12.9. The van der Waals surface area contributed by atoms with Crippen LogP contribution < -0.4 is 5.32 Å². The number of nitrogens with zero attached hydrogens (tertiary/aromatic N) is 1. The van der Waals surface area contributed by atoms with Gasteiger partial charge in [0.25, 0.3) is 5.91 Å². The second kappa shape index (κ2) is 6.24. The fourth-order valence-corrected chi connectivity index (χ4v) is 3.19. The molecule has 0 saturated heterocycles. The molecule has 5 heteroatoms. The Kier molecular flexibility index (Phi) is 4.25. The van der Waals surface area contributed by atoms with Gasteiger partial charge in [-0.3, -0.25) is 9.59 Å². The van der Waals surface area contributed by atoms with Gasteiger partial charge in [-0.05, 0) is 44.0 Å². The minimum absolute atomic E-state index is 0.0197. The van der Waals surface area contributed by atoms with Gasteiger partial charge in [-0.25, -0.2) is 0 Å². The van der Waals surface area contributed by atoms with E-state index in [0.717, 1.165) is 5.56 Å². The smallest absolute Gasteiger partial charge is 0.255 e. The first-order valence-corrected chi connectivity index (χ1v) is 8.27. The third-order valence-electron chi connectivity index (χ3n) is 4.32. The van der Waals surface area contributed by atoms with Gasteiger partial charge >= 0.3 is 0 Å². The highest BCUT2D eigenvalue weighted by Gasteiger charge is 2.46. The highest BCUT2D eigenvalue weighted by Crippen LogP contribution is 2.40. The van der Waals surface area contributed by atoms with Crippen molar-refractivity contribution in [2.45, 2.75) is 38.9 Å². The lowest BCUT2D eigenvalue weighted by molar-refractivity contribution is -0.127. The monoisotopic (exact) mass is 338 g/mol. The number of nitrogens with one attached hydrogen (secondary N) is 1. The zero-order chi connectivity index (χ0) is 18.2. The number of aromatic hydroxyl groups is 1. The Morgan fingerprint density at radius 1 is 1.16 bits per heavy atom. The molecule has 0 saturated carbocycles. The maximum atomic E-state index is 12.9. The van der Waals surface area contributed by atoms with E-state index in [1.165, 1.54) is 12.1 Å². The number of fused-ring (bicyclic) bond motifs is 1. The van der Waals surface area contributed by atoms with Gasteiger partial charge in [0, 0.05) is 17.6 Å². The summed E-state index contributed by atoms with van der Waals surface area (Å²) < 4.78 is 0. The summed E-state index contributed by atoms with van der Waals surface area (Å²) in [6.07, 6.45) is 0. The first kappa shape index (κ1) is 17.0. The summed E-state index contributed by atoms with van der Waals surface area (Å²) >= 11 is 0. The van der Waals surface area contributed by atoms with Gasteiger partial charge in [-0.2, -0.15) is 0 Å². The lowest BCUT2D eigenvalue weighted by Crippen LogP contribution is -2.48. The minimum Gasteiger partial charge on any atom is -0.508 e. The predicted molar refractivity (Wildman–Crippen MR) is 95.1 cm³/mol. The standard InChI is InChI=1S/C20H22N2O3/c1-20(2,3)22-17(15-10-9-14(23)11-16(15)19(22)25)18(24)21-12-13-7-5-4-6-8-13/h4-11,17,23H,12H2,1-3H3,(H,21,24). The summed E-state index contributed by atoms with van der Waals surface area (Å²) in [6, 6.07) is 13.5. The Labute approximate surface area is 147 Å². The van der Waals surface area contributed by atoms with E-state index in [1.807, 2.05) is 51.1 Å². The van der Waals surface area contributed by atoms with E-state index >= 15 is 0 Å². The SMILES string of the molecule is CC(C)(C)N1C(=O)c2cc(O)ccc2C1C(=O)NCc1ccccc1. The molecular weight excluding hydrogens is 316 g/mol. The second-order valence-electron chi connectivity index (χ2n) is 7.22. The van der Waals surface area contributed by atoms with E-state index in [4.69, 9.17) is 0 Å². The number of rotatable bonds is 3. The predicted octanol–water partition coefficient (Wildman–Crippen LogP) is 3.00. The third-order valence-corrected chi connectivity index (χ3v) is 4.32. The molecule has 2 amide bonds. The van der Waals surface area contributed by atoms with Crippen molar-refractivity contribution in [3.63, 3.8) is 0 Å². The lowest BCUT2D eigenvalue weighted by Gasteiger charge is -2.36. The molecule has 0 aromatic heterocycles. The van der Waals surface area contributed by atoms with Gasteiger partial charge in [0.1, 0.15) is 11.8 Å². The van der Waals surface area contributed by atoms with E-state index in [2.05, 4.69) is 5.32 Å².